The van der Waals surface area contributed by atoms with Gasteiger partial charge in [-0.2, -0.15) is 0 Å². The second-order valence-electron chi connectivity index (χ2n) is 2.34. The fourth-order valence-corrected chi connectivity index (χ4v) is 1.53. The Kier molecular flexibility index (Phi) is 3.50. The van der Waals surface area contributed by atoms with E-state index in [1.807, 2.05) is 0 Å². The van der Waals surface area contributed by atoms with E-state index in [4.69, 9.17) is 11.6 Å². The third-order valence-corrected chi connectivity index (χ3v) is 2.48. The minimum Gasteiger partial charge on any atom is -0.387 e. The topological polar surface area (TPSA) is 20.2 Å². The van der Waals surface area contributed by atoms with E-state index in [1.165, 1.54) is 12.1 Å². The Morgan fingerprint density at radius 3 is 2.83 bits per heavy atom. The molecular formula is C8H7BrClFO. The number of hydrogen-bond donors (Lipinski definition) is 1. The van der Waals surface area contributed by atoms with Crippen molar-refractivity contribution in [2.45, 2.75) is 6.10 Å². The third-order valence-electron chi connectivity index (χ3n) is 1.46. The van der Waals surface area contributed by atoms with Gasteiger partial charge in [0.2, 0.25) is 0 Å². The molecule has 0 fully saturated rings. The lowest BCUT2D eigenvalue weighted by Crippen LogP contribution is -2.00. The van der Waals surface area contributed by atoms with Crippen molar-refractivity contribution >= 4 is 27.5 Å². The lowest BCUT2D eigenvalue weighted by molar-refractivity contribution is 0.201. The van der Waals surface area contributed by atoms with Gasteiger partial charge in [0, 0.05) is 4.47 Å². The van der Waals surface area contributed by atoms with Gasteiger partial charge in [-0.3, -0.25) is 0 Å². The van der Waals surface area contributed by atoms with Crippen LogP contribution in [-0.4, -0.2) is 11.0 Å². The Balaban J connectivity index is 3.04. The molecule has 0 saturated heterocycles. The molecule has 0 unspecified atom stereocenters. The van der Waals surface area contributed by atoms with Gasteiger partial charge in [0.05, 0.1) is 12.0 Å². The van der Waals surface area contributed by atoms with Gasteiger partial charge in [-0.1, -0.05) is 15.9 Å². The average molecular weight is 253 g/mol. The maximum absolute atomic E-state index is 12.7. The van der Waals surface area contributed by atoms with E-state index in [2.05, 4.69) is 15.9 Å². The number of hydrogen-bond acceptors (Lipinski definition) is 1. The minimum atomic E-state index is -0.822. The molecule has 0 amide bonds. The zero-order chi connectivity index (χ0) is 9.14. The van der Waals surface area contributed by atoms with Crippen LogP contribution in [0.4, 0.5) is 4.39 Å². The number of aliphatic hydroxyl groups is 1. The zero-order valence-electron chi connectivity index (χ0n) is 6.10. The molecule has 1 nitrogen and oxygen atoms in total. The summed E-state index contributed by atoms with van der Waals surface area (Å²) in [5, 5.41) is 9.31. The van der Waals surface area contributed by atoms with Gasteiger partial charge in [-0.15, -0.1) is 11.6 Å². The van der Waals surface area contributed by atoms with E-state index in [1.54, 1.807) is 6.07 Å². The molecule has 1 N–H and O–H groups in total. The molecule has 1 rings (SSSR count). The lowest BCUT2D eigenvalue weighted by atomic mass is 10.1. The number of rotatable bonds is 2. The van der Waals surface area contributed by atoms with Crippen LogP contribution < -0.4 is 0 Å². The highest BCUT2D eigenvalue weighted by Crippen LogP contribution is 2.24. The monoisotopic (exact) mass is 252 g/mol. The third kappa shape index (κ3) is 2.19. The summed E-state index contributed by atoms with van der Waals surface area (Å²) in [6, 6.07) is 4.12. The van der Waals surface area contributed by atoms with Crippen LogP contribution in [-0.2, 0) is 0 Å². The van der Waals surface area contributed by atoms with Crippen LogP contribution >= 0.6 is 27.5 Å². The maximum Gasteiger partial charge on any atom is 0.123 e. The highest BCUT2D eigenvalue weighted by Gasteiger charge is 2.10. The summed E-state index contributed by atoms with van der Waals surface area (Å²) in [7, 11) is 0. The first kappa shape index (κ1) is 9.96. The molecule has 1 aromatic rings. The van der Waals surface area contributed by atoms with Crippen LogP contribution in [0.3, 0.4) is 0 Å². The van der Waals surface area contributed by atoms with Crippen LogP contribution in [0.1, 0.15) is 11.7 Å². The molecule has 0 aromatic heterocycles. The molecule has 0 heterocycles. The summed E-state index contributed by atoms with van der Waals surface area (Å²) >= 11 is 8.60. The Hall–Kier alpha value is -0.120. The highest BCUT2D eigenvalue weighted by atomic mass is 79.9. The van der Waals surface area contributed by atoms with Gasteiger partial charge in [-0.05, 0) is 23.8 Å². The summed E-state index contributed by atoms with van der Waals surface area (Å²) in [4.78, 5) is 0. The van der Waals surface area contributed by atoms with Crippen molar-refractivity contribution in [1.29, 1.82) is 0 Å². The van der Waals surface area contributed by atoms with Crippen molar-refractivity contribution in [3.63, 3.8) is 0 Å². The Morgan fingerprint density at radius 1 is 1.58 bits per heavy atom. The van der Waals surface area contributed by atoms with Crippen molar-refractivity contribution in [2.24, 2.45) is 0 Å². The zero-order valence-corrected chi connectivity index (χ0v) is 8.44. The van der Waals surface area contributed by atoms with Gasteiger partial charge in [0.15, 0.2) is 0 Å². The molecule has 66 valence electrons. The predicted octanol–water partition coefficient (Wildman–Crippen LogP) is 2.86. The van der Waals surface area contributed by atoms with E-state index >= 15 is 0 Å². The quantitative estimate of drug-likeness (QED) is 0.804. The van der Waals surface area contributed by atoms with Crippen molar-refractivity contribution in [3.05, 3.63) is 34.1 Å². The molecule has 0 radical (unpaired) electrons. The highest BCUT2D eigenvalue weighted by molar-refractivity contribution is 9.10. The molecular weight excluding hydrogens is 246 g/mol. The maximum atomic E-state index is 12.7. The molecule has 0 spiro atoms. The standard InChI is InChI=1S/C8H7BrClFO/c9-7-2-1-5(11)3-6(7)8(12)4-10/h1-3,8,12H,4H2/t8-/m0/s1. The van der Waals surface area contributed by atoms with Crippen molar-refractivity contribution in [1.82, 2.24) is 0 Å². The van der Waals surface area contributed by atoms with Crippen molar-refractivity contribution < 1.29 is 9.50 Å². The average Bonchev–Trinajstić information content (AvgIpc) is 2.08. The summed E-state index contributed by atoms with van der Waals surface area (Å²) in [5.41, 5.74) is 0.477. The summed E-state index contributed by atoms with van der Waals surface area (Å²) in [6.07, 6.45) is -0.822. The molecule has 0 aliphatic carbocycles. The number of aliphatic hydroxyl groups excluding tert-OH is 1. The van der Waals surface area contributed by atoms with Gasteiger partial charge in [-0.25, -0.2) is 4.39 Å². The van der Waals surface area contributed by atoms with E-state index in [9.17, 15) is 9.50 Å². The largest absolute Gasteiger partial charge is 0.387 e. The van der Waals surface area contributed by atoms with E-state index < -0.39 is 6.10 Å². The van der Waals surface area contributed by atoms with Crippen LogP contribution in [0.25, 0.3) is 0 Å². The lowest BCUT2D eigenvalue weighted by Gasteiger charge is -2.08. The molecule has 1 atom stereocenters. The van der Waals surface area contributed by atoms with Gasteiger partial charge >= 0.3 is 0 Å². The van der Waals surface area contributed by atoms with Gasteiger partial charge in [0.25, 0.3) is 0 Å². The van der Waals surface area contributed by atoms with E-state index in [0.29, 0.717) is 10.0 Å². The first-order valence-corrected chi connectivity index (χ1v) is 4.67. The van der Waals surface area contributed by atoms with Crippen LogP contribution in [0.5, 0.6) is 0 Å². The first-order valence-electron chi connectivity index (χ1n) is 3.34. The molecule has 0 saturated carbocycles. The van der Waals surface area contributed by atoms with Crippen molar-refractivity contribution in [2.75, 3.05) is 5.88 Å². The normalized spacial score (nSPS) is 13.0. The van der Waals surface area contributed by atoms with E-state index in [0.717, 1.165) is 0 Å². The summed E-state index contributed by atoms with van der Waals surface area (Å²) < 4.78 is 13.3. The molecule has 0 aliphatic heterocycles. The predicted molar refractivity (Wildman–Crippen MR) is 49.8 cm³/mol. The number of benzene rings is 1. The Bertz CT molecular complexity index is 280. The number of alkyl halides is 1. The first-order chi connectivity index (χ1) is 5.65. The van der Waals surface area contributed by atoms with E-state index in [-0.39, 0.29) is 11.7 Å². The molecule has 0 bridgehead atoms. The summed E-state index contributed by atoms with van der Waals surface area (Å²) in [6.45, 7) is 0. The number of halogens is 3. The summed E-state index contributed by atoms with van der Waals surface area (Å²) in [5.74, 6) is -0.320. The molecule has 1 aromatic carbocycles. The Morgan fingerprint density at radius 2 is 2.25 bits per heavy atom. The minimum absolute atomic E-state index is 0.0576. The Labute approximate surface area is 83.3 Å². The van der Waals surface area contributed by atoms with Crippen LogP contribution in [0, 0.1) is 5.82 Å². The second-order valence-corrected chi connectivity index (χ2v) is 3.50. The molecule has 0 aliphatic rings. The van der Waals surface area contributed by atoms with Gasteiger partial charge in [0.1, 0.15) is 5.82 Å². The van der Waals surface area contributed by atoms with Crippen LogP contribution in [0.15, 0.2) is 22.7 Å². The SMILES string of the molecule is O[C@@H](CCl)c1cc(F)ccc1Br. The fraction of sp³-hybridized carbons (Fsp3) is 0.250. The molecule has 4 heteroatoms. The van der Waals surface area contributed by atoms with Gasteiger partial charge < -0.3 is 5.11 Å². The van der Waals surface area contributed by atoms with Crippen molar-refractivity contribution in [3.8, 4) is 0 Å². The second kappa shape index (κ2) is 4.21. The smallest absolute Gasteiger partial charge is 0.123 e. The van der Waals surface area contributed by atoms with Crippen LogP contribution in [0.2, 0.25) is 0 Å². The molecule has 12 heavy (non-hydrogen) atoms. The fourth-order valence-electron chi connectivity index (χ4n) is 0.853.